The molecule has 21 heavy (non-hydrogen) atoms. The lowest BCUT2D eigenvalue weighted by atomic mass is 9.73. The van der Waals surface area contributed by atoms with Crippen LogP contribution in [-0.2, 0) is 6.54 Å². The van der Waals surface area contributed by atoms with Crippen LogP contribution < -0.4 is 10.1 Å². The van der Waals surface area contributed by atoms with Gasteiger partial charge in [0.15, 0.2) is 0 Å². The summed E-state index contributed by atoms with van der Waals surface area (Å²) >= 11 is 0. The second-order valence-electron chi connectivity index (χ2n) is 7.20. The highest BCUT2D eigenvalue weighted by atomic mass is 16.5. The van der Waals surface area contributed by atoms with Crippen LogP contribution in [0.25, 0.3) is 0 Å². The van der Waals surface area contributed by atoms with Crippen molar-refractivity contribution >= 4 is 5.69 Å². The summed E-state index contributed by atoms with van der Waals surface area (Å²) in [4.78, 5) is 2.19. The van der Waals surface area contributed by atoms with Crippen molar-refractivity contribution in [3.63, 3.8) is 0 Å². The van der Waals surface area contributed by atoms with Crippen LogP contribution in [0.5, 0.6) is 5.75 Å². The summed E-state index contributed by atoms with van der Waals surface area (Å²) < 4.78 is 5.54. The number of methoxy groups -OCH3 is 1. The van der Waals surface area contributed by atoms with Crippen molar-refractivity contribution in [2.75, 3.05) is 26.5 Å². The number of hydrogen-bond acceptors (Lipinski definition) is 3. The van der Waals surface area contributed by atoms with E-state index in [4.69, 9.17) is 4.74 Å². The van der Waals surface area contributed by atoms with E-state index in [9.17, 15) is 0 Å². The van der Waals surface area contributed by atoms with Crippen molar-refractivity contribution in [2.45, 2.75) is 52.1 Å². The van der Waals surface area contributed by atoms with Gasteiger partial charge in [-0.25, -0.2) is 0 Å². The third-order valence-corrected chi connectivity index (χ3v) is 4.60. The maximum absolute atomic E-state index is 5.54. The van der Waals surface area contributed by atoms with Crippen LogP contribution >= 0.6 is 0 Å². The Labute approximate surface area is 129 Å². The minimum Gasteiger partial charge on any atom is -0.495 e. The highest BCUT2D eigenvalue weighted by Crippen LogP contribution is 2.39. The second-order valence-corrected chi connectivity index (χ2v) is 7.20. The summed E-state index contributed by atoms with van der Waals surface area (Å²) in [7, 11) is 5.95. The predicted octanol–water partition coefficient (Wildman–Crippen LogP) is 4.14. The van der Waals surface area contributed by atoms with Gasteiger partial charge in [-0.3, -0.25) is 0 Å². The molecule has 1 saturated carbocycles. The molecular weight excluding hydrogens is 260 g/mol. The van der Waals surface area contributed by atoms with Gasteiger partial charge < -0.3 is 15.0 Å². The van der Waals surface area contributed by atoms with Crippen LogP contribution in [0.1, 0.15) is 45.1 Å². The maximum Gasteiger partial charge on any atom is 0.141 e. The minimum atomic E-state index is 0.348. The Kier molecular flexibility index (Phi) is 5.15. The first-order valence-corrected chi connectivity index (χ1v) is 8.00. The molecule has 0 bridgehead atoms. The standard InChI is InChI=1S/C18H30N2O/c1-18(2)11-7-6-8-17(18)19-15-12-14(13-20(3)4)9-10-16(15)21-5/h9-10,12,17,19H,6-8,11,13H2,1-5H3. The average Bonchev–Trinajstić information content (AvgIpc) is 2.41. The fraction of sp³-hybridized carbons (Fsp3) is 0.667. The first-order valence-electron chi connectivity index (χ1n) is 8.00. The second kappa shape index (κ2) is 6.69. The Balaban J connectivity index is 2.20. The molecule has 0 spiro atoms. The van der Waals surface area contributed by atoms with Crippen molar-refractivity contribution in [3.8, 4) is 5.75 Å². The van der Waals surface area contributed by atoms with Gasteiger partial charge in [-0.05, 0) is 50.0 Å². The molecule has 3 nitrogen and oxygen atoms in total. The number of nitrogens with zero attached hydrogens (tertiary/aromatic N) is 1. The van der Waals surface area contributed by atoms with E-state index in [1.165, 1.54) is 31.2 Å². The van der Waals surface area contributed by atoms with E-state index >= 15 is 0 Å². The maximum atomic E-state index is 5.54. The molecule has 1 fully saturated rings. The molecule has 0 saturated heterocycles. The molecule has 0 radical (unpaired) electrons. The molecule has 1 aliphatic rings. The Bertz CT molecular complexity index is 468. The summed E-state index contributed by atoms with van der Waals surface area (Å²) in [6.45, 7) is 5.70. The number of rotatable bonds is 5. The first kappa shape index (κ1) is 16.2. The van der Waals surface area contributed by atoms with Crippen LogP contribution in [0.15, 0.2) is 18.2 Å². The van der Waals surface area contributed by atoms with E-state index in [1.54, 1.807) is 7.11 Å². The van der Waals surface area contributed by atoms with Crippen LogP contribution in [0.2, 0.25) is 0 Å². The molecule has 1 N–H and O–H groups in total. The number of anilines is 1. The van der Waals surface area contributed by atoms with Gasteiger partial charge in [0, 0.05) is 12.6 Å². The van der Waals surface area contributed by atoms with Crippen LogP contribution in [0.4, 0.5) is 5.69 Å². The molecule has 3 heteroatoms. The number of hydrogen-bond donors (Lipinski definition) is 1. The predicted molar refractivity (Wildman–Crippen MR) is 90.0 cm³/mol. The number of ether oxygens (including phenoxy) is 1. The van der Waals surface area contributed by atoms with Gasteiger partial charge in [-0.1, -0.05) is 32.8 Å². The molecule has 0 aliphatic heterocycles. The van der Waals surface area contributed by atoms with Crippen LogP contribution in [0, 0.1) is 5.41 Å². The highest BCUT2D eigenvalue weighted by molar-refractivity contribution is 5.59. The molecular formula is C18H30N2O. The third kappa shape index (κ3) is 4.13. The monoisotopic (exact) mass is 290 g/mol. The molecule has 0 aromatic heterocycles. The lowest BCUT2D eigenvalue weighted by Gasteiger charge is -2.40. The normalized spacial score (nSPS) is 21.3. The summed E-state index contributed by atoms with van der Waals surface area (Å²) in [6.07, 6.45) is 5.21. The van der Waals surface area contributed by atoms with E-state index in [-0.39, 0.29) is 0 Å². The van der Waals surface area contributed by atoms with Crippen LogP contribution in [0.3, 0.4) is 0 Å². The van der Waals surface area contributed by atoms with Gasteiger partial charge in [-0.2, -0.15) is 0 Å². The number of benzene rings is 1. The summed E-state index contributed by atoms with van der Waals surface area (Å²) in [5.74, 6) is 0.943. The van der Waals surface area contributed by atoms with E-state index in [0.717, 1.165) is 18.0 Å². The average molecular weight is 290 g/mol. The molecule has 1 unspecified atom stereocenters. The van der Waals surface area contributed by atoms with E-state index in [0.29, 0.717) is 11.5 Å². The minimum absolute atomic E-state index is 0.348. The topological polar surface area (TPSA) is 24.5 Å². The van der Waals surface area contributed by atoms with Gasteiger partial charge in [0.05, 0.1) is 12.8 Å². The SMILES string of the molecule is COc1ccc(CN(C)C)cc1NC1CCCCC1(C)C. The molecule has 118 valence electrons. The Morgan fingerprint density at radius 1 is 1.29 bits per heavy atom. The van der Waals surface area contributed by atoms with E-state index in [2.05, 4.69) is 56.4 Å². The largest absolute Gasteiger partial charge is 0.495 e. The van der Waals surface area contributed by atoms with Gasteiger partial charge in [0.25, 0.3) is 0 Å². The summed E-state index contributed by atoms with van der Waals surface area (Å²) in [5.41, 5.74) is 2.80. The highest BCUT2D eigenvalue weighted by Gasteiger charge is 2.32. The lowest BCUT2D eigenvalue weighted by Crippen LogP contribution is -2.39. The van der Waals surface area contributed by atoms with Gasteiger partial charge in [0.2, 0.25) is 0 Å². The van der Waals surface area contributed by atoms with E-state index < -0.39 is 0 Å². The Hall–Kier alpha value is -1.22. The van der Waals surface area contributed by atoms with E-state index in [1.807, 2.05) is 0 Å². The zero-order valence-corrected chi connectivity index (χ0v) is 14.2. The van der Waals surface area contributed by atoms with Crippen molar-refractivity contribution in [3.05, 3.63) is 23.8 Å². The summed E-state index contributed by atoms with van der Waals surface area (Å²) in [5, 5.41) is 3.76. The Morgan fingerprint density at radius 2 is 2.05 bits per heavy atom. The van der Waals surface area contributed by atoms with Crippen LogP contribution in [-0.4, -0.2) is 32.1 Å². The van der Waals surface area contributed by atoms with Gasteiger partial charge >= 0.3 is 0 Å². The zero-order chi connectivity index (χ0) is 15.5. The summed E-state index contributed by atoms with van der Waals surface area (Å²) in [6, 6.07) is 6.99. The van der Waals surface area contributed by atoms with Gasteiger partial charge in [0.1, 0.15) is 5.75 Å². The molecule has 1 aromatic rings. The molecule has 2 rings (SSSR count). The van der Waals surface area contributed by atoms with Crippen molar-refractivity contribution in [1.82, 2.24) is 4.90 Å². The Morgan fingerprint density at radius 3 is 2.67 bits per heavy atom. The van der Waals surface area contributed by atoms with Crippen molar-refractivity contribution in [1.29, 1.82) is 0 Å². The molecule has 1 aliphatic carbocycles. The quantitative estimate of drug-likeness (QED) is 0.882. The van der Waals surface area contributed by atoms with Crippen molar-refractivity contribution < 1.29 is 4.74 Å². The third-order valence-electron chi connectivity index (χ3n) is 4.60. The smallest absolute Gasteiger partial charge is 0.141 e. The number of nitrogens with one attached hydrogen (secondary N) is 1. The van der Waals surface area contributed by atoms with Gasteiger partial charge in [-0.15, -0.1) is 0 Å². The fourth-order valence-electron chi connectivity index (χ4n) is 3.28. The molecule has 1 atom stereocenters. The molecule has 0 amide bonds. The lowest BCUT2D eigenvalue weighted by molar-refractivity contribution is 0.216. The fourth-order valence-corrected chi connectivity index (χ4v) is 3.28. The first-order chi connectivity index (χ1) is 9.92. The zero-order valence-electron chi connectivity index (χ0n) is 14.2. The van der Waals surface area contributed by atoms with Crippen molar-refractivity contribution in [2.24, 2.45) is 5.41 Å². The molecule has 1 aromatic carbocycles. The molecule has 0 heterocycles.